The molecule has 3 aromatic rings. The highest BCUT2D eigenvalue weighted by atomic mass is 35.5. The summed E-state index contributed by atoms with van der Waals surface area (Å²) in [6.45, 7) is 5.42. The van der Waals surface area contributed by atoms with Crippen LogP contribution in [0.4, 0.5) is 30.8 Å². The maximum absolute atomic E-state index is 13.0. The molecule has 164 valence electrons. The van der Waals surface area contributed by atoms with Gasteiger partial charge in [0.2, 0.25) is 11.9 Å². The summed E-state index contributed by atoms with van der Waals surface area (Å²) in [6.07, 6.45) is -4.59. The van der Waals surface area contributed by atoms with E-state index in [0.717, 1.165) is 12.3 Å². The van der Waals surface area contributed by atoms with Crippen molar-refractivity contribution in [1.82, 2.24) is 24.9 Å². The van der Waals surface area contributed by atoms with E-state index >= 15 is 0 Å². The molecule has 8 nitrogen and oxygen atoms in total. The molecule has 0 bridgehead atoms. The Hall–Kier alpha value is -3.05. The Kier molecular flexibility index (Phi) is 6.27. The molecule has 0 aliphatic heterocycles. The number of halogens is 4. The average Bonchev–Trinajstić information content (AvgIpc) is 2.66. The SMILES string of the molecule is CC(C)(C)C(O)Nc1nc(Nc2ccnc(C(F)(F)F)c2)nc(-c2cccc(Cl)n2)n1. The molecule has 0 aliphatic carbocycles. The third kappa shape index (κ3) is 5.98. The van der Waals surface area contributed by atoms with Gasteiger partial charge in [-0.25, -0.2) is 4.98 Å². The van der Waals surface area contributed by atoms with Crippen molar-refractivity contribution in [3.63, 3.8) is 0 Å². The summed E-state index contributed by atoms with van der Waals surface area (Å²) in [6, 6.07) is 7.01. The normalized spacial score (nSPS) is 13.0. The van der Waals surface area contributed by atoms with Gasteiger partial charge in [0.25, 0.3) is 0 Å². The predicted molar refractivity (Wildman–Crippen MR) is 110 cm³/mol. The van der Waals surface area contributed by atoms with Crippen LogP contribution in [0.15, 0.2) is 36.5 Å². The minimum Gasteiger partial charge on any atom is -0.373 e. The molecule has 3 rings (SSSR count). The van der Waals surface area contributed by atoms with Crippen LogP contribution in [0.1, 0.15) is 26.5 Å². The van der Waals surface area contributed by atoms with Crippen molar-refractivity contribution in [3.8, 4) is 11.5 Å². The Balaban J connectivity index is 2.01. The fourth-order valence-electron chi connectivity index (χ4n) is 2.27. The summed E-state index contributed by atoms with van der Waals surface area (Å²) in [5.74, 6) is 0.0465. The summed E-state index contributed by atoms with van der Waals surface area (Å²) < 4.78 is 38.9. The van der Waals surface area contributed by atoms with Crippen molar-refractivity contribution < 1.29 is 18.3 Å². The second kappa shape index (κ2) is 8.60. The number of rotatable bonds is 5. The lowest BCUT2D eigenvalue weighted by atomic mass is 9.94. The minimum absolute atomic E-state index is 0.00167. The molecule has 1 unspecified atom stereocenters. The first-order valence-corrected chi connectivity index (χ1v) is 9.43. The van der Waals surface area contributed by atoms with Gasteiger partial charge in [0.05, 0.1) is 0 Å². The number of anilines is 3. The number of aromatic nitrogens is 5. The van der Waals surface area contributed by atoms with Crippen molar-refractivity contribution in [2.24, 2.45) is 5.41 Å². The first-order chi connectivity index (χ1) is 14.4. The van der Waals surface area contributed by atoms with Gasteiger partial charge in [0, 0.05) is 17.3 Å². The molecule has 3 aromatic heterocycles. The van der Waals surface area contributed by atoms with Crippen LogP contribution in [0, 0.1) is 5.41 Å². The lowest BCUT2D eigenvalue weighted by molar-refractivity contribution is -0.141. The molecule has 1 atom stereocenters. The van der Waals surface area contributed by atoms with E-state index < -0.39 is 23.5 Å². The van der Waals surface area contributed by atoms with Crippen molar-refractivity contribution >= 4 is 29.2 Å². The zero-order valence-corrected chi connectivity index (χ0v) is 17.5. The second-order valence-electron chi connectivity index (χ2n) is 7.62. The number of nitrogens with one attached hydrogen (secondary N) is 2. The summed E-state index contributed by atoms with van der Waals surface area (Å²) in [7, 11) is 0. The summed E-state index contributed by atoms with van der Waals surface area (Å²) in [5, 5.41) is 16.0. The van der Waals surface area contributed by atoms with Gasteiger partial charge < -0.3 is 15.7 Å². The van der Waals surface area contributed by atoms with Crippen molar-refractivity contribution in [1.29, 1.82) is 0 Å². The zero-order valence-electron chi connectivity index (χ0n) is 16.7. The smallest absolute Gasteiger partial charge is 0.373 e. The van der Waals surface area contributed by atoms with E-state index in [1.54, 1.807) is 39.0 Å². The first kappa shape index (κ1) is 22.6. The number of hydrogen-bond acceptors (Lipinski definition) is 8. The lowest BCUT2D eigenvalue weighted by Crippen LogP contribution is -2.34. The average molecular weight is 454 g/mol. The van der Waals surface area contributed by atoms with Crippen molar-refractivity contribution in [2.45, 2.75) is 33.2 Å². The lowest BCUT2D eigenvalue weighted by Gasteiger charge is -2.26. The van der Waals surface area contributed by atoms with Crippen LogP contribution in [-0.4, -0.2) is 36.3 Å². The molecule has 0 saturated carbocycles. The molecule has 0 radical (unpaired) electrons. The molecule has 0 aliphatic rings. The largest absolute Gasteiger partial charge is 0.433 e. The van der Waals surface area contributed by atoms with Gasteiger partial charge in [-0.15, -0.1) is 0 Å². The number of nitrogens with zero attached hydrogens (tertiary/aromatic N) is 5. The topological polar surface area (TPSA) is 109 Å². The molecule has 0 aromatic carbocycles. The Morgan fingerprint density at radius 1 is 1.00 bits per heavy atom. The summed E-state index contributed by atoms with van der Waals surface area (Å²) in [4.78, 5) is 20.1. The van der Waals surface area contributed by atoms with Gasteiger partial charge in [-0.2, -0.15) is 28.1 Å². The Morgan fingerprint density at radius 3 is 2.35 bits per heavy atom. The van der Waals surface area contributed by atoms with Crippen LogP contribution in [-0.2, 0) is 6.18 Å². The summed E-state index contributed by atoms with van der Waals surface area (Å²) >= 11 is 5.94. The number of aliphatic hydroxyl groups is 1. The van der Waals surface area contributed by atoms with Gasteiger partial charge >= 0.3 is 6.18 Å². The van der Waals surface area contributed by atoms with Crippen LogP contribution in [0.2, 0.25) is 5.15 Å². The van der Waals surface area contributed by atoms with Crippen LogP contribution >= 0.6 is 11.6 Å². The van der Waals surface area contributed by atoms with Gasteiger partial charge in [0.1, 0.15) is 22.8 Å². The van der Waals surface area contributed by atoms with E-state index in [1.165, 1.54) is 6.07 Å². The number of pyridine rings is 2. The maximum atomic E-state index is 13.0. The molecular weight excluding hydrogens is 435 g/mol. The van der Waals surface area contributed by atoms with E-state index in [-0.39, 0.29) is 28.6 Å². The second-order valence-corrected chi connectivity index (χ2v) is 8.00. The molecule has 0 amide bonds. The molecular formula is C19H19ClF3N7O. The fraction of sp³-hybridized carbons (Fsp3) is 0.316. The predicted octanol–water partition coefficient (Wildman–Crippen LogP) is 4.52. The van der Waals surface area contributed by atoms with Gasteiger partial charge in [-0.05, 0) is 24.3 Å². The Morgan fingerprint density at radius 2 is 1.71 bits per heavy atom. The molecule has 12 heteroatoms. The van der Waals surface area contributed by atoms with Crippen LogP contribution in [0.3, 0.4) is 0 Å². The number of aliphatic hydroxyl groups excluding tert-OH is 1. The van der Waals surface area contributed by atoms with E-state index in [9.17, 15) is 18.3 Å². The highest BCUT2D eigenvalue weighted by molar-refractivity contribution is 6.29. The fourth-order valence-corrected chi connectivity index (χ4v) is 2.44. The number of alkyl halides is 3. The van der Waals surface area contributed by atoms with Gasteiger partial charge in [-0.3, -0.25) is 4.98 Å². The highest BCUT2D eigenvalue weighted by Crippen LogP contribution is 2.30. The third-order valence-electron chi connectivity index (χ3n) is 3.97. The van der Waals surface area contributed by atoms with E-state index in [1.807, 2.05) is 0 Å². The van der Waals surface area contributed by atoms with Crippen molar-refractivity contribution in [3.05, 3.63) is 47.4 Å². The third-order valence-corrected chi connectivity index (χ3v) is 4.18. The Bertz CT molecular complexity index is 1070. The molecule has 0 saturated heterocycles. The molecule has 0 fully saturated rings. The molecule has 3 N–H and O–H groups in total. The maximum Gasteiger partial charge on any atom is 0.433 e. The molecule has 31 heavy (non-hydrogen) atoms. The first-order valence-electron chi connectivity index (χ1n) is 9.06. The van der Waals surface area contributed by atoms with Crippen molar-refractivity contribution in [2.75, 3.05) is 10.6 Å². The van der Waals surface area contributed by atoms with Gasteiger partial charge in [-0.1, -0.05) is 38.4 Å². The van der Waals surface area contributed by atoms with E-state index in [2.05, 4.69) is 35.6 Å². The van der Waals surface area contributed by atoms with E-state index in [0.29, 0.717) is 5.69 Å². The zero-order chi connectivity index (χ0) is 22.8. The minimum atomic E-state index is -4.60. The highest BCUT2D eigenvalue weighted by Gasteiger charge is 2.32. The van der Waals surface area contributed by atoms with E-state index in [4.69, 9.17) is 11.6 Å². The van der Waals surface area contributed by atoms with Crippen LogP contribution < -0.4 is 10.6 Å². The summed E-state index contributed by atoms with van der Waals surface area (Å²) in [5.41, 5.74) is -1.22. The van der Waals surface area contributed by atoms with Crippen LogP contribution in [0.5, 0.6) is 0 Å². The van der Waals surface area contributed by atoms with Gasteiger partial charge in [0.15, 0.2) is 5.82 Å². The number of hydrogen-bond donors (Lipinski definition) is 3. The van der Waals surface area contributed by atoms with Crippen LogP contribution in [0.25, 0.3) is 11.5 Å². The quantitative estimate of drug-likeness (QED) is 0.382. The Labute approximate surface area is 181 Å². The molecule has 0 spiro atoms. The monoisotopic (exact) mass is 453 g/mol. The molecule has 3 heterocycles. The standard InChI is InChI=1S/C19H19ClF3N7O/c1-18(2,3)15(31)29-17-28-14(11-5-4-6-13(20)26-11)27-16(30-17)25-10-7-8-24-12(9-10)19(21,22)23/h4-9,15,31H,1-3H3,(H2,24,25,27,28,29,30).